The number of hydrogen-bond acceptors (Lipinski definition) is 2. The first-order valence-corrected chi connectivity index (χ1v) is 6.29. The van der Waals surface area contributed by atoms with E-state index < -0.39 is 0 Å². The Bertz CT molecular complexity index is 751. The molecule has 0 unspecified atom stereocenters. The highest BCUT2D eigenvalue weighted by molar-refractivity contribution is 6.35. The summed E-state index contributed by atoms with van der Waals surface area (Å²) < 4.78 is 0. The number of hydrogen-bond donors (Lipinski definition) is 0. The second-order valence-corrected chi connectivity index (χ2v) is 4.62. The number of nitrogens with zero attached hydrogens (tertiary/aromatic N) is 2. The van der Waals surface area contributed by atoms with Gasteiger partial charge in [0.05, 0.1) is 16.2 Å². The van der Waals surface area contributed by atoms with Crippen LogP contribution in [-0.4, -0.2) is 9.97 Å². The molecule has 0 bridgehead atoms. The smallest absolute Gasteiger partial charge is 0.0740 e. The van der Waals surface area contributed by atoms with Crippen LogP contribution in [0.3, 0.4) is 0 Å². The van der Waals surface area contributed by atoms with E-state index in [1.807, 2.05) is 36.4 Å². The fraction of sp³-hybridized carbons (Fsp3) is 0. The highest BCUT2D eigenvalue weighted by Crippen LogP contribution is 2.28. The van der Waals surface area contributed by atoms with Crippen molar-refractivity contribution in [1.29, 1.82) is 0 Å². The number of fused-ring (bicyclic) bond motifs is 1. The van der Waals surface area contributed by atoms with Crippen LogP contribution in [-0.2, 0) is 0 Å². The summed E-state index contributed by atoms with van der Waals surface area (Å²) >= 11 is 6.32. The molecular formula is C16H11ClN2. The number of rotatable bonds is 2. The third-order valence-electron chi connectivity index (χ3n) is 2.98. The van der Waals surface area contributed by atoms with Gasteiger partial charge < -0.3 is 0 Å². The molecule has 0 radical (unpaired) electrons. The topological polar surface area (TPSA) is 25.8 Å². The van der Waals surface area contributed by atoms with Crippen molar-refractivity contribution >= 4 is 28.6 Å². The molecule has 3 rings (SSSR count). The van der Waals surface area contributed by atoms with Crippen LogP contribution in [0.5, 0.6) is 0 Å². The highest BCUT2D eigenvalue weighted by atomic mass is 35.5. The first kappa shape index (κ1) is 11.9. The van der Waals surface area contributed by atoms with E-state index in [4.69, 9.17) is 11.6 Å². The molecule has 2 nitrogen and oxygen atoms in total. The van der Waals surface area contributed by atoms with E-state index in [1.165, 1.54) is 0 Å². The molecule has 19 heavy (non-hydrogen) atoms. The van der Waals surface area contributed by atoms with Gasteiger partial charge in [-0.25, -0.2) is 4.98 Å². The van der Waals surface area contributed by atoms with Crippen LogP contribution >= 0.6 is 11.6 Å². The van der Waals surface area contributed by atoms with E-state index in [9.17, 15) is 0 Å². The van der Waals surface area contributed by atoms with Crippen LogP contribution < -0.4 is 0 Å². The zero-order chi connectivity index (χ0) is 13.2. The van der Waals surface area contributed by atoms with Gasteiger partial charge in [0, 0.05) is 23.3 Å². The Balaban J connectivity index is 2.25. The van der Waals surface area contributed by atoms with Crippen molar-refractivity contribution in [1.82, 2.24) is 9.97 Å². The van der Waals surface area contributed by atoms with Crippen LogP contribution in [0.15, 0.2) is 55.4 Å². The van der Waals surface area contributed by atoms with Gasteiger partial charge in [0.2, 0.25) is 0 Å². The molecule has 0 amide bonds. The predicted octanol–water partition coefficient (Wildman–Crippen LogP) is 4.59. The summed E-state index contributed by atoms with van der Waals surface area (Å²) in [6.07, 6.45) is 5.32. The van der Waals surface area contributed by atoms with Crippen molar-refractivity contribution in [3.05, 3.63) is 66.0 Å². The van der Waals surface area contributed by atoms with Gasteiger partial charge >= 0.3 is 0 Å². The maximum absolute atomic E-state index is 6.32. The minimum absolute atomic E-state index is 0.694. The first-order valence-electron chi connectivity index (χ1n) is 5.91. The summed E-state index contributed by atoms with van der Waals surface area (Å²) in [4.78, 5) is 8.75. The highest BCUT2D eigenvalue weighted by Gasteiger charge is 2.06. The van der Waals surface area contributed by atoms with E-state index in [0.717, 1.165) is 27.7 Å². The molecule has 2 aromatic heterocycles. The average molecular weight is 267 g/mol. The van der Waals surface area contributed by atoms with Gasteiger partial charge in [0.1, 0.15) is 0 Å². The molecule has 0 aliphatic heterocycles. The van der Waals surface area contributed by atoms with Gasteiger partial charge in [0.25, 0.3) is 0 Å². The summed E-state index contributed by atoms with van der Waals surface area (Å²) in [7, 11) is 0. The third-order valence-corrected chi connectivity index (χ3v) is 3.29. The number of pyridine rings is 2. The molecule has 0 saturated heterocycles. The molecule has 0 N–H and O–H groups in total. The Kier molecular flexibility index (Phi) is 3.02. The lowest BCUT2D eigenvalue weighted by molar-refractivity contribution is 1.30. The van der Waals surface area contributed by atoms with Gasteiger partial charge in [0.15, 0.2) is 0 Å². The lowest BCUT2D eigenvalue weighted by Crippen LogP contribution is -1.88. The van der Waals surface area contributed by atoms with Crippen molar-refractivity contribution in [2.75, 3.05) is 0 Å². The minimum atomic E-state index is 0.694. The van der Waals surface area contributed by atoms with E-state index >= 15 is 0 Å². The molecule has 3 aromatic rings. The quantitative estimate of drug-likeness (QED) is 0.678. The molecule has 0 aliphatic carbocycles. The SMILES string of the molecule is C=Cc1ccc2c(Cl)cc(-c3cccnc3)nc2c1. The second-order valence-electron chi connectivity index (χ2n) is 4.21. The summed E-state index contributed by atoms with van der Waals surface area (Å²) in [5, 5.41) is 1.64. The predicted molar refractivity (Wildman–Crippen MR) is 80.1 cm³/mol. The van der Waals surface area contributed by atoms with Crippen LogP contribution in [0.1, 0.15) is 5.56 Å². The van der Waals surface area contributed by atoms with Gasteiger partial charge in [-0.1, -0.05) is 36.4 Å². The molecule has 3 heteroatoms. The van der Waals surface area contributed by atoms with Gasteiger partial charge in [-0.2, -0.15) is 0 Å². The van der Waals surface area contributed by atoms with Crippen LogP contribution in [0.4, 0.5) is 0 Å². The molecule has 1 aromatic carbocycles. The largest absolute Gasteiger partial charge is 0.264 e. The Morgan fingerprint density at radius 1 is 1.16 bits per heavy atom. The number of halogens is 1. The first-order chi connectivity index (χ1) is 9.28. The van der Waals surface area contributed by atoms with Crippen molar-refractivity contribution in [2.45, 2.75) is 0 Å². The van der Waals surface area contributed by atoms with Crippen LogP contribution in [0, 0.1) is 0 Å². The normalized spacial score (nSPS) is 10.6. The summed E-state index contributed by atoms with van der Waals surface area (Å²) in [5.41, 5.74) is 3.67. The van der Waals surface area contributed by atoms with Crippen LogP contribution in [0.25, 0.3) is 28.2 Å². The zero-order valence-corrected chi connectivity index (χ0v) is 10.9. The molecule has 92 valence electrons. The van der Waals surface area contributed by atoms with E-state index in [0.29, 0.717) is 5.02 Å². The van der Waals surface area contributed by atoms with Gasteiger partial charge in [-0.05, 0) is 29.8 Å². The molecule has 0 spiro atoms. The monoisotopic (exact) mass is 266 g/mol. The zero-order valence-electron chi connectivity index (χ0n) is 10.2. The maximum atomic E-state index is 6.32. The Labute approximate surface area is 116 Å². The van der Waals surface area contributed by atoms with Crippen molar-refractivity contribution in [2.24, 2.45) is 0 Å². The fourth-order valence-electron chi connectivity index (χ4n) is 1.99. The fourth-order valence-corrected chi connectivity index (χ4v) is 2.26. The molecule has 0 fully saturated rings. The Morgan fingerprint density at radius 2 is 2.05 bits per heavy atom. The van der Waals surface area contributed by atoms with Crippen molar-refractivity contribution in [3.63, 3.8) is 0 Å². The van der Waals surface area contributed by atoms with Crippen molar-refractivity contribution in [3.8, 4) is 11.3 Å². The lowest BCUT2D eigenvalue weighted by atomic mass is 10.1. The molecular weight excluding hydrogens is 256 g/mol. The van der Waals surface area contributed by atoms with Crippen LogP contribution in [0.2, 0.25) is 5.02 Å². The maximum Gasteiger partial charge on any atom is 0.0740 e. The summed E-state index contributed by atoms with van der Waals surface area (Å²) in [6, 6.07) is 11.6. The average Bonchev–Trinajstić information content (AvgIpc) is 2.47. The van der Waals surface area contributed by atoms with E-state index in [-0.39, 0.29) is 0 Å². The van der Waals surface area contributed by atoms with Gasteiger partial charge in [-0.3, -0.25) is 4.98 Å². The number of aromatic nitrogens is 2. The molecule has 0 saturated carbocycles. The summed E-state index contributed by atoms with van der Waals surface area (Å²) in [5.74, 6) is 0. The van der Waals surface area contributed by atoms with E-state index in [1.54, 1.807) is 18.5 Å². The Morgan fingerprint density at radius 3 is 2.79 bits per heavy atom. The second kappa shape index (κ2) is 4.82. The molecule has 2 heterocycles. The molecule has 0 atom stereocenters. The minimum Gasteiger partial charge on any atom is -0.264 e. The molecule has 0 aliphatic rings. The lowest BCUT2D eigenvalue weighted by Gasteiger charge is -2.06. The van der Waals surface area contributed by atoms with E-state index in [2.05, 4.69) is 16.5 Å². The summed E-state index contributed by atoms with van der Waals surface area (Å²) in [6.45, 7) is 3.77. The number of benzene rings is 1. The standard InChI is InChI=1S/C16H11ClN2/c1-2-11-5-6-13-14(17)9-15(19-16(13)8-11)12-4-3-7-18-10-12/h2-10H,1H2. The van der Waals surface area contributed by atoms with Gasteiger partial charge in [-0.15, -0.1) is 0 Å². The Hall–Kier alpha value is -2.19. The van der Waals surface area contributed by atoms with Crippen molar-refractivity contribution < 1.29 is 0 Å². The third kappa shape index (κ3) is 2.23.